The van der Waals surface area contributed by atoms with Gasteiger partial charge in [0.2, 0.25) is 0 Å². The third-order valence-electron chi connectivity index (χ3n) is 2.57. The van der Waals surface area contributed by atoms with E-state index in [1.165, 1.54) is 0 Å². The SMILES string of the molecule is CCCOc1cccc2cc(C(=O)CC)oc12. The van der Waals surface area contributed by atoms with Crippen LogP contribution in [0.1, 0.15) is 37.2 Å². The van der Waals surface area contributed by atoms with E-state index in [0.29, 0.717) is 30.1 Å². The Hall–Kier alpha value is -1.77. The molecule has 1 aromatic carbocycles. The number of fused-ring (bicyclic) bond motifs is 1. The van der Waals surface area contributed by atoms with Crippen molar-refractivity contribution < 1.29 is 13.9 Å². The summed E-state index contributed by atoms with van der Waals surface area (Å²) in [5.41, 5.74) is 0.665. The number of carbonyl (C=O) groups excluding carboxylic acids is 1. The molecule has 0 radical (unpaired) electrons. The van der Waals surface area contributed by atoms with Gasteiger partial charge < -0.3 is 9.15 Å². The van der Waals surface area contributed by atoms with Crippen LogP contribution in [0.4, 0.5) is 0 Å². The quantitative estimate of drug-likeness (QED) is 0.736. The topological polar surface area (TPSA) is 39.4 Å². The zero-order valence-corrected chi connectivity index (χ0v) is 10.2. The van der Waals surface area contributed by atoms with Crippen molar-refractivity contribution in [3.8, 4) is 5.75 Å². The molecule has 1 aromatic heterocycles. The summed E-state index contributed by atoms with van der Waals surface area (Å²) in [4.78, 5) is 11.6. The summed E-state index contributed by atoms with van der Waals surface area (Å²) < 4.78 is 11.2. The second-order valence-electron chi connectivity index (χ2n) is 3.91. The molecule has 90 valence electrons. The minimum atomic E-state index is 0.0163. The van der Waals surface area contributed by atoms with Crippen LogP contribution < -0.4 is 4.74 Å². The van der Waals surface area contributed by atoms with Gasteiger partial charge in [-0.05, 0) is 18.6 Å². The Morgan fingerprint density at radius 3 is 2.88 bits per heavy atom. The molecule has 0 spiro atoms. The lowest BCUT2D eigenvalue weighted by atomic mass is 10.2. The van der Waals surface area contributed by atoms with Crippen molar-refractivity contribution in [3.63, 3.8) is 0 Å². The van der Waals surface area contributed by atoms with Crippen LogP contribution in [-0.4, -0.2) is 12.4 Å². The number of benzene rings is 1. The van der Waals surface area contributed by atoms with E-state index >= 15 is 0 Å². The van der Waals surface area contributed by atoms with Crippen molar-refractivity contribution in [1.29, 1.82) is 0 Å². The lowest BCUT2D eigenvalue weighted by Crippen LogP contribution is -1.95. The normalized spacial score (nSPS) is 10.7. The van der Waals surface area contributed by atoms with Crippen LogP contribution in [0.3, 0.4) is 0 Å². The van der Waals surface area contributed by atoms with Crippen molar-refractivity contribution in [2.45, 2.75) is 26.7 Å². The van der Waals surface area contributed by atoms with Gasteiger partial charge in [0.1, 0.15) is 0 Å². The zero-order valence-electron chi connectivity index (χ0n) is 10.2. The minimum absolute atomic E-state index is 0.0163. The van der Waals surface area contributed by atoms with Gasteiger partial charge in [0.25, 0.3) is 0 Å². The lowest BCUT2D eigenvalue weighted by Gasteiger charge is -2.03. The van der Waals surface area contributed by atoms with Crippen molar-refractivity contribution in [2.24, 2.45) is 0 Å². The van der Waals surface area contributed by atoms with E-state index < -0.39 is 0 Å². The summed E-state index contributed by atoms with van der Waals surface area (Å²) >= 11 is 0. The highest BCUT2D eigenvalue weighted by Gasteiger charge is 2.13. The highest BCUT2D eigenvalue weighted by atomic mass is 16.5. The number of hydrogen-bond donors (Lipinski definition) is 0. The zero-order chi connectivity index (χ0) is 12.3. The van der Waals surface area contributed by atoms with Gasteiger partial charge >= 0.3 is 0 Å². The largest absolute Gasteiger partial charge is 0.490 e. The van der Waals surface area contributed by atoms with E-state index in [1.54, 1.807) is 6.07 Å². The first-order chi connectivity index (χ1) is 8.26. The molecule has 0 aliphatic heterocycles. The maximum absolute atomic E-state index is 11.6. The monoisotopic (exact) mass is 232 g/mol. The van der Waals surface area contributed by atoms with Crippen molar-refractivity contribution >= 4 is 16.8 Å². The summed E-state index contributed by atoms with van der Waals surface area (Å²) in [5, 5.41) is 0.912. The van der Waals surface area contributed by atoms with Gasteiger partial charge in [-0.1, -0.05) is 26.0 Å². The molecule has 2 aromatic rings. The van der Waals surface area contributed by atoms with E-state index in [9.17, 15) is 4.79 Å². The van der Waals surface area contributed by atoms with Crippen LogP contribution in [0.2, 0.25) is 0 Å². The molecule has 2 rings (SSSR count). The van der Waals surface area contributed by atoms with E-state index in [4.69, 9.17) is 9.15 Å². The number of para-hydroxylation sites is 1. The lowest BCUT2D eigenvalue weighted by molar-refractivity contribution is 0.0963. The number of hydrogen-bond acceptors (Lipinski definition) is 3. The molecule has 0 N–H and O–H groups in total. The van der Waals surface area contributed by atoms with E-state index in [-0.39, 0.29) is 5.78 Å². The molecular formula is C14H16O3. The van der Waals surface area contributed by atoms with Gasteiger partial charge in [-0.25, -0.2) is 0 Å². The first-order valence-electron chi connectivity index (χ1n) is 5.94. The predicted octanol–water partition coefficient (Wildman–Crippen LogP) is 3.81. The standard InChI is InChI=1S/C14H16O3/c1-3-8-16-12-7-5-6-10-9-13(11(15)4-2)17-14(10)12/h5-7,9H,3-4,8H2,1-2H3. The van der Waals surface area contributed by atoms with Crippen LogP contribution in [0, 0.1) is 0 Å². The van der Waals surface area contributed by atoms with E-state index in [2.05, 4.69) is 0 Å². The van der Waals surface area contributed by atoms with Gasteiger partial charge in [0.05, 0.1) is 6.61 Å². The Balaban J connectivity index is 2.41. The van der Waals surface area contributed by atoms with E-state index in [1.807, 2.05) is 32.0 Å². The van der Waals surface area contributed by atoms with Crippen LogP contribution in [0.5, 0.6) is 5.75 Å². The molecule has 0 aliphatic rings. The second-order valence-corrected chi connectivity index (χ2v) is 3.91. The Labute approximate surface area is 100 Å². The molecule has 3 heteroatoms. The summed E-state index contributed by atoms with van der Waals surface area (Å²) in [6.07, 6.45) is 1.39. The number of furan rings is 1. The fraction of sp³-hybridized carbons (Fsp3) is 0.357. The van der Waals surface area contributed by atoms with Crippen molar-refractivity contribution in [2.75, 3.05) is 6.61 Å². The van der Waals surface area contributed by atoms with Gasteiger partial charge in [-0.3, -0.25) is 4.79 Å². The minimum Gasteiger partial charge on any atom is -0.490 e. The Morgan fingerprint density at radius 2 is 2.18 bits per heavy atom. The molecule has 1 heterocycles. The first-order valence-corrected chi connectivity index (χ1v) is 5.94. The highest BCUT2D eigenvalue weighted by molar-refractivity contribution is 5.98. The molecule has 0 fully saturated rings. The molecule has 0 saturated heterocycles. The summed E-state index contributed by atoms with van der Waals surface area (Å²) in [5.74, 6) is 1.14. The molecular weight excluding hydrogens is 216 g/mol. The third-order valence-corrected chi connectivity index (χ3v) is 2.57. The highest BCUT2D eigenvalue weighted by Crippen LogP contribution is 2.29. The van der Waals surface area contributed by atoms with Gasteiger partial charge in [0.15, 0.2) is 22.9 Å². The molecule has 0 amide bonds. The molecule has 3 nitrogen and oxygen atoms in total. The Kier molecular flexibility index (Phi) is 3.47. The van der Waals surface area contributed by atoms with Gasteiger partial charge in [-0.15, -0.1) is 0 Å². The van der Waals surface area contributed by atoms with Gasteiger partial charge in [0, 0.05) is 11.8 Å². The number of ketones is 1. The molecule has 0 atom stereocenters. The number of rotatable bonds is 5. The number of ether oxygens (including phenoxy) is 1. The number of carbonyl (C=O) groups is 1. The van der Waals surface area contributed by atoms with Crippen molar-refractivity contribution in [1.82, 2.24) is 0 Å². The third kappa shape index (κ3) is 2.33. The average Bonchev–Trinajstić information content (AvgIpc) is 2.79. The van der Waals surface area contributed by atoms with E-state index in [0.717, 1.165) is 11.8 Å². The van der Waals surface area contributed by atoms with Gasteiger partial charge in [-0.2, -0.15) is 0 Å². The van der Waals surface area contributed by atoms with Crippen LogP contribution >= 0.6 is 0 Å². The smallest absolute Gasteiger partial charge is 0.197 e. The molecule has 0 unspecified atom stereocenters. The fourth-order valence-electron chi connectivity index (χ4n) is 1.67. The van der Waals surface area contributed by atoms with Crippen LogP contribution in [0.25, 0.3) is 11.0 Å². The molecule has 0 bridgehead atoms. The predicted molar refractivity (Wildman–Crippen MR) is 66.6 cm³/mol. The van der Waals surface area contributed by atoms with Crippen molar-refractivity contribution in [3.05, 3.63) is 30.0 Å². The maximum Gasteiger partial charge on any atom is 0.197 e. The molecule has 0 saturated carbocycles. The fourth-order valence-corrected chi connectivity index (χ4v) is 1.67. The molecule has 17 heavy (non-hydrogen) atoms. The second kappa shape index (κ2) is 5.04. The Bertz CT molecular complexity index is 525. The first kappa shape index (κ1) is 11.7. The van der Waals surface area contributed by atoms with Crippen LogP contribution in [-0.2, 0) is 0 Å². The van der Waals surface area contributed by atoms with Crippen LogP contribution in [0.15, 0.2) is 28.7 Å². The summed E-state index contributed by atoms with van der Waals surface area (Å²) in [6, 6.07) is 7.47. The maximum atomic E-state index is 11.6. The molecule has 0 aliphatic carbocycles. The Morgan fingerprint density at radius 1 is 1.35 bits per heavy atom. The summed E-state index contributed by atoms with van der Waals surface area (Å²) in [6.45, 7) is 4.52. The average molecular weight is 232 g/mol. The summed E-state index contributed by atoms with van der Waals surface area (Å²) in [7, 11) is 0. The number of Topliss-reactive ketones (excluding diaryl/α,β-unsaturated/α-hetero) is 1.